The lowest BCUT2D eigenvalue weighted by atomic mass is 10.2. The van der Waals surface area contributed by atoms with Crippen LogP contribution in [0.2, 0.25) is 5.02 Å². The number of benzene rings is 2. The molecule has 0 atom stereocenters. The van der Waals surface area contributed by atoms with Gasteiger partial charge in [-0.3, -0.25) is 4.79 Å². The number of rotatable bonds is 5. The summed E-state index contributed by atoms with van der Waals surface area (Å²) in [7, 11) is 1.55. The minimum absolute atomic E-state index is 0.277. The van der Waals surface area contributed by atoms with Gasteiger partial charge in [-0.2, -0.15) is 5.10 Å². The number of nitrogens with zero attached hydrogens (tertiary/aromatic N) is 2. The average molecular weight is 410 g/mol. The largest absolute Gasteiger partial charge is 0.495 e. The van der Waals surface area contributed by atoms with Crippen molar-refractivity contribution in [3.8, 4) is 22.0 Å². The second kappa shape index (κ2) is 7.88. The molecule has 0 aliphatic carbocycles. The van der Waals surface area contributed by atoms with E-state index in [0.717, 1.165) is 16.3 Å². The van der Waals surface area contributed by atoms with Crippen molar-refractivity contribution >= 4 is 34.5 Å². The molecule has 0 radical (unpaired) electrons. The van der Waals surface area contributed by atoms with Crippen LogP contribution in [0.15, 0.2) is 72.1 Å². The number of para-hydroxylation sites is 1. The summed E-state index contributed by atoms with van der Waals surface area (Å²) < 4.78 is 6.80. The minimum Gasteiger partial charge on any atom is -0.495 e. The van der Waals surface area contributed by atoms with E-state index >= 15 is 0 Å². The van der Waals surface area contributed by atoms with Crippen molar-refractivity contribution in [3.63, 3.8) is 0 Å². The van der Waals surface area contributed by atoms with Gasteiger partial charge in [-0.1, -0.05) is 35.9 Å². The van der Waals surface area contributed by atoms with Crippen molar-refractivity contribution in [3.05, 3.63) is 82.8 Å². The van der Waals surface area contributed by atoms with Crippen molar-refractivity contribution in [1.29, 1.82) is 0 Å². The lowest BCUT2D eigenvalue weighted by molar-refractivity contribution is 0.101. The number of nitrogens with one attached hydrogen (secondary N) is 1. The molecule has 0 aliphatic rings. The molecule has 2 aromatic carbocycles. The highest BCUT2D eigenvalue weighted by Crippen LogP contribution is 2.29. The quantitative estimate of drug-likeness (QED) is 0.472. The standard InChI is InChI=1S/C21H16ClN3O2S/c1-27-19-10-9-14(12-16(19)22)23-21(26)18-13-17(20-8-5-11-28-20)24-25(18)15-6-3-2-4-7-15/h2-13H,1H3,(H,23,26). The molecular formula is C21H16ClN3O2S. The minimum atomic E-state index is -0.277. The van der Waals surface area contributed by atoms with E-state index in [1.165, 1.54) is 0 Å². The van der Waals surface area contributed by atoms with Crippen LogP contribution in [0.3, 0.4) is 0 Å². The summed E-state index contributed by atoms with van der Waals surface area (Å²) in [6.07, 6.45) is 0. The zero-order valence-corrected chi connectivity index (χ0v) is 16.5. The first-order valence-corrected chi connectivity index (χ1v) is 9.76. The first-order chi connectivity index (χ1) is 13.7. The summed E-state index contributed by atoms with van der Waals surface area (Å²) in [5.41, 5.74) is 2.57. The monoisotopic (exact) mass is 409 g/mol. The van der Waals surface area contributed by atoms with E-state index in [0.29, 0.717) is 22.2 Å². The van der Waals surface area contributed by atoms with Crippen LogP contribution in [-0.4, -0.2) is 22.8 Å². The predicted molar refractivity (Wildman–Crippen MR) is 113 cm³/mol. The Balaban J connectivity index is 1.71. The predicted octanol–water partition coefficient (Wildman–Crippen LogP) is 5.52. The number of amides is 1. The number of thiophene rings is 1. The fraction of sp³-hybridized carbons (Fsp3) is 0.0476. The molecule has 0 aliphatic heterocycles. The van der Waals surface area contributed by atoms with Gasteiger partial charge in [-0.15, -0.1) is 11.3 Å². The number of methoxy groups -OCH3 is 1. The summed E-state index contributed by atoms with van der Waals surface area (Å²) in [6, 6.07) is 20.4. The van der Waals surface area contributed by atoms with Crippen LogP contribution in [0, 0.1) is 0 Å². The fourth-order valence-electron chi connectivity index (χ4n) is 2.79. The van der Waals surface area contributed by atoms with Crippen LogP contribution in [0.25, 0.3) is 16.3 Å². The number of hydrogen-bond acceptors (Lipinski definition) is 4. The summed E-state index contributed by atoms with van der Waals surface area (Å²) in [6.45, 7) is 0. The SMILES string of the molecule is COc1ccc(NC(=O)c2cc(-c3cccs3)nn2-c2ccccc2)cc1Cl. The van der Waals surface area contributed by atoms with Gasteiger partial charge < -0.3 is 10.1 Å². The van der Waals surface area contributed by atoms with Gasteiger partial charge in [0.15, 0.2) is 0 Å². The van der Waals surface area contributed by atoms with E-state index in [4.69, 9.17) is 16.3 Å². The number of carbonyl (C=O) groups excluding carboxylic acids is 1. The molecule has 1 N–H and O–H groups in total. The molecule has 4 rings (SSSR count). The molecule has 0 saturated carbocycles. The highest BCUT2D eigenvalue weighted by atomic mass is 35.5. The zero-order valence-electron chi connectivity index (χ0n) is 14.9. The first-order valence-electron chi connectivity index (χ1n) is 8.50. The second-order valence-corrected chi connectivity index (χ2v) is 7.30. The third-order valence-corrected chi connectivity index (χ3v) is 5.31. The molecule has 0 unspecified atom stereocenters. The molecule has 1 amide bonds. The number of carbonyl (C=O) groups is 1. The van der Waals surface area contributed by atoms with Crippen LogP contribution in [-0.2, 0) is 0 Å². The summed E-state index contributed by atoms with van der Waals surface area (Å²) in [4.78, 5) is 14.0. The van der Waals surface area contributed by atoms with Gasteiger partial charge in [0.1, 0.15) is 17.1 Å². The van der Waals surface area contributed by atoms with Gasteiger partial charge in [0.25, 0.3) is 5.91 Å². The third kappa shape index (κ3) is 3.65. The van der Waals surface area contributed by atoms with Crippen molar-refractivity contribution in [2.24, 2.45) is 0 Å². The number of aromatic nitrogens is 2. The number of hydrogen-bond donors (Lipinski definition) is 1. The van der Waals surface area contributed by atoms with Gasteiger partial charge in [0, 0.05) is 5.69 Å². The average Bonchev–Trinajstić information content (AvgIpc) is 3.39. The first kappa shape index (κ1) is 18.3. The zero-order chi connectivity index (χ0) is 19.5. The van der Waals surface area contributed by atoms with Gasteiger partial charge in [-0.25, -0.2) is 4.68 Å². The van der Waals surface area contributed by atoms with Crippen LogP contribution >= 0.6 is 22.9 Å². The third-order valence-electron chi connectivity index (χ3n) is 4.13. The summed E-state index contributed by atoms with van der Waals surface area (Å²) >= 11 is 7.74. The Morgan fingerprint density at radius 1 is 1.11 bits per heavy atom. The molecule has 0 saturated heterocycles. The molecule has 2 heterocycles. The maximum absolute atomic E-state index is 13.0. The number of halogens is 1. The van der Waals surface area contributed by atoms with Gasteiger partial charge >= 0.3 is 0 Å². The molecule has 140 valence electrons. The van der Waals surface area contributed by atoms with Crippen molar-refractivity contribution < 1.29 is 9.53 Å². The summed E-state index contributed by atoms with van der Waals surface area (Å²) in [5.74, 6) is 0.273. The highest BCUT2D eigenvalue weighted by Gasteiger charge is 2.18. The molecule has 5 nitrogen and oxygen atoms in total. The van der Waals surface area contributed by atoms with E-state index in [-0.39, 0.29) is 5.91 Å². The van der Waals surface area contributed by atoms with Gasteiger partial charge in [0.05, 0.1) is 22.7 Å². The Bertz CT molecular complexity index is 1110. The Labute approximate surface area is 171 Å². The normalized spacial score (nSPS) is 10.6. The maximum atomic E-state index is 13.0. The molecule has 4 aromatic rings. The van der Waals surface area contributed by atoms with E-state index in [1.807, 2.05) is 47.8 Å². The molecule has 0 spiro atoms. The lowest BCUT2D eigenvalue weighted by Gasteiger charge is -2.10. The van der Waals surface area contributed by atoms with Crippen molar-refractivity contribution in [2.45, 2.75) is 0 Å². The Morgan fingerprint density at radius 3 is 2.61 bits per heavy atom. The lowest BCUT2D eigenvalue weighted by Crippen LogP contribution is -2.17. The van der Waals surface area contributed by atoms with Crippen LogP contribution < -0.4 is 10.1 Å². The molecule has 7 heteroatoms. The molecule has 0 bridgehead atoms. The van der Waals surface area contributed by atoms with E-state index < -0.39 is 0 Å². The fourth-order valence-corrected chi connectivity index (χ4v) is 3.73. The smallest absolute Gasteiger partial charge is 0.274 e. The van der Waals surface area contributed by atoms with Crippen LogP contribution in [0.1, 0.15) is 10.5 Å². The van der Waals surface area contributed by atoms with Gasteiger partial charge in [0.2, 0.25) is 0 Å². The Morgan fingerprint density at radius 2 is 1.93 bits per heavy atom. The van der Waals surface area contributed by atoms with E-state index in [9.17, 15) is 4.79 Å². The van der Waals surface area contributed by atoms with Crippen LogP contribution in [0.5, 0.6) is 5.75 Å². The number of anilines is 1. The number of ether oxygens (including phenoxy) is 1. The van der Waals surface area contributed by atoms with E-state index in [2.05, 4.69) is 10.4 Å². The van der Waals surface area contributed by atoms with Crippen LogP contribution in [0.4, 0.5) is 5.69 Å². The molecule has 28 heavy (non-hydrogen) atoms. The molecule has 0 fully saturated rings. The molecular weight excluding hydrogens is 394 g/mol. The Hall–Kier alpha value is -3.09. The van der Waals surface area contributed by atoms with Crippen molar-refractivity contribution in [1.82, 2.24) is 9.78 Å². The topological polar surface area (TPSA) is 56.1 Å². The second-order valence-electron chi connectivity index (χ2n) is 5.94. The van der Waals surface area contributed by atoms with Gasteiger partial charge in [-0.05, 0) is 47.8 Å². The summed E-state index contributed by atoms with van der Waals surface area (Å²) in [5, 5.41) is 9.94. The van der Waals surface area contributed by atoms with E-state index in [1.54, 1.807) is 47.4 Å². The molecule has 2 aromatic heterocycles. The van der Waals surface area contributed by atoms with Crippen molar-refractivity contribution in [2.75, 3.05) is 12.4 Å². The highest BCUT2D eigenvalue weighted by molar-refractivity contribution is 7.13. The Kier molecular flexibility index (Phi) is 5.14. The maximum Gasteiger partial charge on any atom is 0.274 e.